The molecule has 0 radical (unpaired) electrons. The van der Waals surface area contributed by atoms with Crippen LogP contribution in [-0.4, -0.2) is 38.0 Å². The number of thioether (sulfide) groups is 1. The van der Waals surface area contributed by atoms with Crippen molar-refractivity contribution >= 4 is 34.5 Å². The van der Waals surface area contributed by atoms with Crippen LogP contribution in [-0.2, 0) is 13.0 Å². The summed E-state index contributed by atoms with van der Waals surface area (Å²) in [5.41, 5.74) is 1.82. The first kappa shape index (κ1) is 15.0. The standard InChI is InChI=1S/C15H20ClN3OS/c1-15(7-3-9-21-15)10-19-12(6-8-16)17-11-4-5-13(20-2)18-14(11)19/h4-5H,3,6-10H2,1-2H3. The van der Waals surface area contributed by atoms with Crippen LogP contribution in [0.2, 0.25) is 0 Å². The lowest BCUT2D eigenvalue weighted by Gasteiger charge is -2.24. The summed E-state index contributed by atoms with van der Waals surface area (Å²) in [4.78, 5) is 9.30. The number of ether oxygens (including phenoxy) is 1. The molecule has 0 spiro atoms. The molecule has 3 heterocycles. The molecule has 0 aliphatic carbocycles. The van der Waals surface area contributed by atoms with Gasteiger partial charge in [0.15, 0.2) is 5.65 Å². The van der Waals surface area contributed by atoms with E-state index in [0.717, 1.165) is 30.0 Å². The van der Waals surface area contributed by atoms with Crippen LogP contribution < -0.4 is 4.74 Å². The first-order valence-electron chi connectivity index (χ1n) is 7.25. The zero-order valence-electron chi connectivity index (χ0n) is 12.4. The van der Waals surface area contributed by atoms with E-state index < -0.39 is 0 Å². The van der Waals surface area contributed by atoms with E-state index in [9.17, 15) is 0 Å². The van der Waals surface area contributed by atoms with E-state index in [4.69, 9.17) is 21.3 Å². The van der Waals surface area contributed by atoms with E-state index in [2.05, 4.69) is 16.5 Å². The van der Waals surface area contributed by atoms with Crippen LogP contribution in [0.4, 0.5) is 0 Å². The second-order valence-electron chi connectivity index (χ2n) is 5.65. The van der Waals surface area contributed by atoms with Gasteiger partial charge in [-0.05, 0) is 31.6 Å². The third-order valence-corrected chi connectivity index (χ3v) is 5.68. The zero-order chi connectivity index (χ0) is 14.9. The average molecular weight is 326 g/mol. The lowest BCUT2D eigenvalue weighted by molar-refractivity contribution is 0.398. The molecule has 0 amide bonds. The Bertz CT molecular complexity index is 637. The average Bonchev–Trinajstić information content (AvgIpc) is 3.05. The molecule has 114 valence electrons. The topological polar surface area (TPSA) is 39.9 Å². The number of alkyl halides is 1. The molecule has 0 aromatic carbocycles. The van der Waals surface area contributed by atoms with E-state index in [1.54, 1.807) is 7.11 Å². The number of rotatable bonds is 5. The van der Waals surface area contributed by atoms with Crippen LogP contribution in [0.1, 0.15) is 25.6 Å². The molecule has 1 fully saturated rings. The van der Waals surface area contributed by atoms with Gasteiger partial charge in [-0.1, -0.05) is 0 Å². The van der Waals surface area contributed by atoms with Crippen molar-refractivity contribution in [1.29, 1.82) is 0 Å². The highest BCUT2D eigenvalue weighted by Gasteiger charge is 2.31. The Hall–Kier alpha value is -0.940. The minimum atomic E-state index is 0.263. The predicted octanol–water partition coefficient (Wildman–Crippen LogP) is 3.51. The SMILES string of the molecule is COc1ccc2nc(CCCl)n(CC3(C)CCCS3)c2n1. The maximum absolute atomic E-state index is 5.94. The summed E-state index contributed by atoms with van der Waals surface area (Å²) in [6.45, 7) is 3.27. The van der Waals surface area contributed by atoms with Gasteiger partial charge in [-0.3, -0.25) is 0 Å². The van der Waals surface area contributed by atoms with E-state index in [-0.39, 0.29) is 4.75 Å². The summed E-state index contributed by atoms with van der Waals surface area (Å²) in [7, 11) is 1.64. The van der Waals surface area contributed by atoms with Crippen molar-refractivity contribution < 1.29 is 4.74 Å². The van der Waals surface area contributed by atoms with Gasteiger partial charge in [-0.15, -0.1) is 11.6 Å². The normalized spacial score (nSPS) is 22.0. The van der Waals surface area contributed by atoms with Crippen molar-refractivity contribution in [1.82, 2.24) is 14.5 Å². The molecule has 6 heteroatoms. The number of methoxy groups -OCH3 is 1. The van der Waals surface area contributed by atoms with Gasteiger partial charge in [0.1, 0.15) is 11.3 Å². The van der Waals surface area contributed by atoms with Gasteiger partial charge in [-0.25, -0.2) is 4.98 Å². The molecule has 1 aliphatic rings. The van der Waals surface area contributed by atoms with Crippen molar-refractivity contribution in [2.75, 3.05) is 18.7 Å². The molecule has 1 unspecified atom stereocenters. The summed E-state index contributed by atoms with van der Waals surface area (Å²) in [5, 5.41) is 0. The van der Waals surface area contributed by atoms with Gasteiger partial charge in [-0.2, -0.15) is 16.7 Å². The van der Waals surface area contributed by atoms with Crippen molar-refractivity contribution in [2.24, 2.45) is 0 Å². The summed E-state index contributed by atoms with van der Waals surface area (Å²) < 4.78 is 7.76. The number of aromatic nitrogens is 3. The molecule has 21 heavy (non-hydrogen) atoms. The molecule has 1 saturated heterocycles. The van der Waals surface area contributed by atoms with Crippen LogP contribution >= 0.6 is 23.4 Å². The third kappa shape index (κ3) is 2.99. The van der Waals surface area contributed by atoms with E-state index in [1.807, 2.05) is 23.9 Å². The second-order valence-corrected chi connectivity index (χ2v) is 7.71. The van der Waals surface area contributed by atoms with E-state index >= 15 is 0 Å². The van der Waals surface area contributed by atoms with Crippen molar-refractivity contribution in [3.63, 3.8) is 0 Å². The van der Waals surface area contributed by atoms with Gasteiger partial charge in [0.25, 0.3) is 0 Å². The molecule has 0 bridgehead atoms. The highest BCUT2D eigenvalue weighted by molar-refractivity contribution is 8.00. The predicted molar refractivity (Wildman–Crippen MR) is 88.6 cm³/mol. The van der Waals surface area contributed by atoms with Gasteiger partial charge in [0.05, 0.1) is 7.11 Å². The van der Waals surface area contributed by atoms with Crippen molar-refractivity contribution in [3.05, 3.63) is 18.0 Å². The first-order chi connectivity index (χ1) is 10.1. The van der Waals surface area contributed by atoms with Gasteiger partial charge in [0.2, 0.25) is 5.88 Å². The number of fused-ring (bicyclic) bond motifs is 1. The van der Waals surface area contributed by atoms with Crippen LogP contribution in [0.3, 0.4) is 0 Å². The minimum absolute atomic E-state index is 0.263. The Morgan fingerprint density at radius 2 is 2.29 bits per heavy atom. The molecule has 1 aliphatic heterocycles. The first-order valence-corrected chi connectivity index (χ1v) is 8.77. The molecule has 3 rings (SSSR count). The summed E-state index contributed by atoms with van der Waals surface area (Å²) >= 11 is 7.99. The van der Waals surface area contributed by atoms with Crippen molar-refractivity contribution in [3.8, 4) is 5.88 Å². The number of hydrogen-bond acceptors (Lipinski definition) is 4. The van der Waals surface area contributed by atoms with Crippen LogP contribution in [0.5, 0.6) is 5.88 Å². The lowest BCUT2D eigenvalue weighted by Crippen LogP contribution is -2.25. The second kappa shape index (κ2) is 6.05. The smallest absolute Gasteiger partial charge is 0.215 e. The molecule has 2 aromatic heterocycles. The Labute approximate surface area is 134 Å². The highest BCUT2D eigenvalue weighted by atomic mass is 35.5. The number of halogens is 1. The molecular formula is C15H20ClN3OS. The van der Waals surface area contributed by atoms with Crippen LogP contribution in [0.15, 0.2) is 12.1 Å². The molecule has 2 aromatic rings. The highest BCUT2D eigenvalue weighted by Crippen LogP contribution is 2.39. The van der Waals surface area contributed by atoms with Crippen LogP contribution in [0.25, 0.3) is 11.2 Å². The van der Waals surface area contributed by atoms with Gasteiger partial charge in [0, 0.05) is 29.7 Å². The molecule has 0 N–H and O–H groups in total. The maximum atomic E-state index is 5.94. The summed E-state index contributed by atoms with van der Waals surface area (Å²) in [6.07, 6.45) is 3.29. The van der Waals surface area contributed by atoms with Gasteiger partial charge >= 0.3 is 0 Å². The Morgan fingerprint density at radius 1 is 1.43 bits per heavy atom. The van der Waals surface area contributed by atoms with E-state index in [0.29, 0.717) is 11.8 Å². The minimum Gasteiger partial charge on any atom is -0.481 e. The molecule has 0 saturated carbocycles. The number of imidazole rings is 1. The number of hydrogen-bond donors (Lipinski definition) is 0. The van der Waals surface area contributed by atoms with Crippen molar-refractivity contribution in [2.45, 2.75) is 37.5 Å². The summed E-state index contributed by atoms with van der Waals surface area (Å²) in [5.74, 6) is 3.47. The monoisotopic (exact) mass is 325 g/mol. The molecular weight excluding hydrogens is 306 g/mol. The van der Waals surface area contributed by atoms with Crippen LogP contribution in [0, 0.1) is 0 Å². The molecule has 1 atom stereocenters. The van der Waals surface area contributed by atoms with Gasteiger partial charge < -0.3 is 9.30 Å². The quantitative estimate of drug-likeness (QED) is 0.789. The lowest BCUT2D eigenvalue weighted by atomic mass is 10.1. The molecule has 4 nitrogen and oxygen atoms in total. The fraction of sp³-hybridized carbons (Fsp3) is 0.600. The fourth-order valence-electron chi connectivity index (χ4n) is 2.88. The number of nitrogens with zero attached hydrogens (tertiary/aromatic N) is 3. The summed E-state index contributed by atoms with van der Waals surface area (Å²) in [6, 6.07) is 3.83. The Balaban J connectivity index is 2.05. The zero-order valence-corrected chi connectivity index (χ0v) is 14.0. The van der Waals surface area contributed by atoms with E-state index in [1.165, 1.54) is 18.6 Å². The maximum Gasteiger partial charge on any atom is 0.215 e. The number of aryl methyl sites for hydroxylation is 1. The largest absolute Gasteiger partial charge is 0.481 e. The Morgan fingerprint density at radius 3 is 2.95 bits per heavy atom. The fourth-order valence-corrected chi connectivity index (χ4v) is 4.34. The third-order valence-electron chi connectivity index (χ3n) is 3.97. The number of pyridine rings is 1. The Kier molecular flexibility index (Phi) is 4.31.